The SMILES string of the molecule is CC(C(=O)OCCCCOC(=O)c1cc(Br)c(N)c(CN2CCCCC2)c1)c1cccc(C(=O)c2ccccc2)c1. The van der Waals surface area contributed by atoms with Gasteiger partial charge in [0.25, 0.3) is 0 Å². The Morgan fingerprint density at radius 2 is 1.54 bits per heavy atom. The molecule has 1 heterocycles. The van der Waals surface area contributed by atoms with Crippen molar-refractivity contribution in [1.29, 1.82) is 0 Å². The van der Waals surface area contributed by atoms with Gasteiger partial charge in [0.05, 0.1) is 30.4 Å². The molecule has 216 valence electrons. The number of unbranched alkanes of at least 4 members (excludes halogenated alkanes) is 1. The van der Waals surface area contributed by atoms with Gasteiger partial charge in [0, 0.05) is 22.1 Å². The molecule has 0 saturated carbocycles. The van der Waals surface area contributed by atoms with Gasteiger partial charge in [0.1, 0.15) is 0 Å². The second kappa shape index (κ2) is 14.9. The lowest BCUT2D eigenvalue weighted by Gasteiger charge is -2.27. The van der Waals surface area contributed by atoms with E-state index < -0.39 is 11.9 Å². The lowest BCUT2D eigenvalue weighted by molar-refractivity contribution is -0.145. The zero-order valence-electron chi connectivity index (χ0n) is 23.4. The van der Waals surface area contributed by atoms with Gasteiger partial charge in [-0.25, -0.2) is 4.79 Å². The van der Waals surface area contributed by atoms with Crippen LogP contribution in [-0.2, 0) is 20.8 Å². The number of carbonyl (C=O) groups excluding carboxylic acids is 3. The normalized spacial score (nSPS) is 14.3. The van der Waals surface area contributed by atoms with E-state index in [1.165, 1.54) is 19.3 Å². The van der Waals surface area contributed by atoms with E-state index in [0.717, 1.165) is 24.2 Å². The van der Waals surface area contributed by atoms with Gasteiger partial charge >= 0.3 is 11.9 Å². The molecular formula is C33H37BrN2O5. The number of ether oxygens (including phenoxy) is 2. The molecule has 7 nitrogen and oxygen atoms in total. The molecule has 0 aliphatic carbocycles. The summed E-state index contributed by atoms with van der Waals surface area (Å²) in [5.41, 5.74) is 10.2. The van der Waals surface area contributed by atoms with Crippen LogP contribution in [0, 0.1) is 0 Å². The van der Waals surface area contributed by atoms with Crippen molar-refractivity contribution in [2.45, 2.75) is 51.5 Å². The van der Waals surface area contributed by atoms with Gasteiger partial charge in [-0.15, -0.1) is 0 Å². The van der Waals surface area contributed by atoms with Crippen LogP contribution in [-0.4, -0.2) is 48.9 Å². The molecule has 1 atom stereocenters. The van der Waals surface area contributed by atoms with Gasteiger partial charge in [0.15, 0.2) is 5.78 Å². The lowest BCUT2D eigenvalue weighted by Crippen LogP contribution is -2.29. The number of nitrogen functional groups attached to an aromatic ring is 1. The van der Waals surface area contributed by atoms with Crippen molar-refractivity contribution in [2.24, 2.45) is 0 Å². The van der Waals surface area contributed by atoms with Gasteiger partial charge in [-0.1, -0.05) is 55.0 Å². The third kappa shape index (κ3) is 8.50. The van der Waals surface area contributed by atoms with Crippen LogP contribution >= 0.6 is 15.9 Å². The first-order valence-corrected chi connectivity index (χ1v) is 15.0. The Morgan fingerprint density at radius 1 is 0.854 bits per heavy atom. The van der Waals surface area contributed by atoms with E-state index in [-0.39, 0.29) is 25.0 Å². The van der Waals surface area contributed by atoms with E-state index in [0.29, 0.717) is 46.2 Å². The van der Waals surface area contributed by atoms with Gasteiger partial charge in [0.2, 0.25) is 0 Å². The van der Waals surface area contributed by atoms with Crippen LogP contribution < -0.4 is 5.73 Å². The fourth-order valence-corrected chi connectivity index (χ4v) is 5.37. The van der Waals surface area contributed by atoms with Crippen LogP contribution in [0.4, 0.5) is 5.69 Å². The zero-order chi connectivity index (χ0) is 29.2. The van der Waals surface area contributed by atoms with Crippen LogP contribution in [0.25, 0.3) is 0 Å². The fraction of sp³-hybridized carbons (Fsp3) is 0.364. The minimum atomic E-state index is -0.514. The number of anilines is 1. The van der Waals surface area contributed by atoms with Crippen LogP contribution in [0.3, 0.4) is 0 Å². The number of carbonyl (C=O) groups is 3. The minimum Gasteiger partial charge on any atom is -0.465 e. The number of benzene rings is 3. The van der Waals surface area contributed by atoms with Crippen LogP contribution in [0.1, 0.15) is 82.4 Å². The van der Waals surface area contributed by atoms with Crippen LogP contribution in [0.15, 0.2) is 71.2 Å². The van der Waals surface area contributed by atoms with Crippen molar-refractivity contribution < 1.29 is 23.9 Å². The minimum absolute atomic E-state index is 0.0906. The van der Waals surface area contributed by atoms with E-state index in [1.54, 1.807) is 43.3 Å². The topological polar surface area (TPSA) is 98.9 Å². The third-order valence-electron chi connectivity index (χ3n) is 7.35. The van der Waals surface area contributed by atoms with Crippen molar-refractivity contribution in [2.75, 3.05) is 32.0 Å². The van der Waals surface area contributed by atoms with Crippen LogP contribution in [0.5, 0.6) is 0 Å². The van der Waals surface area contributed by atoms with Crippen molar-refractivity contribution in [3.8, 4) is 0 Å². The summed E-state index contributed by atoms with van der Waals surface area (Å²) in [6, 6.07) is 19.7. The molecule has 2 N–H and O–H groups in total. The quantitative estimate of drug-likeness (QED) is 0.106. The van der Waals surface area contributed by atoms with Gasteiger partial charge < -0.3 is 15.2 Å². The second-order valence-electron chi connectivity index (χ2n) is 10.4. The first-order chi connectivity index (χ1) is 19.8. The molecule has 3 aromatic rings. The highest BCUT2D eigenvalue weighted by molar-refractivity contribution is 9.10. The molecule has 0 spiro atoms. The smallest absolute Gasteiger partial charge is 0.338 e. The first-order valence-electron chi connectivity index (χ1n) is 14.2. The van der Waals surface area contributed by atoms with E-state index in [1.807, 2.05) is 30.3 Å². The average molecular weight is 622 g/mol. The zero-order valence-corrected chi connectivity index (χ0v) is 25.0. The summed E-state index contributed by atoms with van der Waals surface area (Å²) in [6.07, 6.45) is 4.74. The predicted octanol–water partition coefficient (Wildman–Crippen LogP) is 6.53. The Hall–Kier alpha value is -3.49. The molecule has 1 aliphatic heterocycles. The maximum atomic E-state index is 12.8. The van der Waals surface area contributed by atoms with E-state index in [4.69, 9.17) is 15.2 Å². The molecule has 0 amide bonds. The molecule has 3 aromatic carbocycles. The molecule has 41 heavy (non-hydrogen) atoms. The highest BCUT2D eigenvalue weighted by Gasteiger charge is 2.19. The van der Waals surface area contributed by atoms with E-state index >= 15 is 0 Å². The summed E-state index contributed by atoms with van der Waals surface area (Å²) in [5, 5.41) is 0. The first kappa shape index (κ1) is 30.5. The predicted molar refractivity (Wildman–Crippen MR) is 163 cm³/mol. The number of halogens is 1. The molecule has 1 aliphatic rings. The number of rotatable bonds is 12. The summed E-state index contributed by atoms with van der Waals surface area (Å²) >= 11 is 3.48. The van der Waals surface area contributed by atoms with Gasteiger partial charge in [-0.2, -0.15) is 0 Å². The van der Waals surface area contributed by atoms with Gasteiger partial charge in [-0.05, 0) is 91.0 Å². The molecule has 0 bridgehead atoms. The number of nitrogens with two attached hydrogens (primary N) is 1. The third-order valence-corrected chi connectivity index (χ3v) is 8.00. The lowest BCUT2D eigenvalue weighted by atomic mass is 9.96. The maximum absolute atomic E-state index is 12.8. The molecular weight excluding hydrogens is 584 g/mol. The summed E-state index contributed by atoms with van der Waals surface area (Å²) < 4.78 is 11.6. The van der Waals surface area contributed by atoms with Gasteiger partial charge in [-0.3, -0.25) is 14.5 Å². The molecule has 0 radical (unpaired) electrons. The molecule has 1 fully saturated rings. The second-order valence-corrected chi connectivity index (χ2v) is 11.3. The fourth-order valence-electron chi connectivity index (χ4n) is 4.87. The highest BCUT2D eigenvalue weighted by Crippen LogP contribution is 2.28. The Morgan fingerprint density at radius 3 is 2.27 bits per heavy atom. The monoisotopic (exact) mass is 620 g/mol. The Balaban J connectivity index is 1.20. The Bertz CT molecular complexity index is 1350. The molecule has 1 saturated heterocycles. The van der Waals surface area contributed by atoms with Crippen LogP contribution in [0.2, 0.25) is 0 Å². The summed E-state index contributed by atoms with van der Waals surface area (Å²) in [4.78, 5) is 40.5. The summed E-state index contributed by atoms with van der Waals surface area (Å²) in [6.45, 7) is 4.99. The van der Waals surface area contributed by atoms with Crippen molar-refractivity contribution in [3.05, 3.63) is 99.0 Å². The van der Waals surface area contributed by atoms with E-state index in [2.05, 4.69) is 20.8 Å². The number of likely N-dealkylation sites (tertiary alicyclic amines) is 1. The van der Waals surface area contributed by atoms with E-state index in [9.17, 15) is 14.4 Å². The Kier molecular flexibility index (Phi) is 11.1. The standard InChI is InChI=1S/C33H37BrN2O5/c1-23(25-13-10-14-26(19-25)31(37)24-11-4-2-5-12-24)32(38)40-17-8-9-18-41-33(39)27-20-28(30(35)29(34)21-27)22-36-15-6-3-7-16-36/h2,4-5,10-14,19-21,23H,3,6-9,15-18,22,35H2,1H3. The molecule has 1 unspecified atom stereocenters. The number of esters is 2. The maximum Gasteiger partial charge on any atom is 0.338 e. The number of piperidine rings is 1. The molecule has 8 heteroatoms. The largest absolute Gasteiger partial charge is 0.465 e. The van der Waals surface area contributed by atoms with Crippen molar-refractivity contribution in [3.63, 3.8) is 0 Å². The molecule has 0 aromatic heterocycles. The van der Waals surface area contributed by atoms with Crippen molar-refractivity contribution >= 4 is 39.3 Å². The Labute approximate surface area is 250 Å². The summed E-state index contributed by atoms with van der Waals surface area (Å²) in [5.74, 6) is -1.37. The number of ketones is 1. The molecule has 4 rings (SSSR count). The highest BCUT2D eigenvalue weighted by atomic mass is 79.9. The number of hydrogen-bond acceptors (Lipinski definition) is 7. The summed E-state index contributed by atoms with van der Waals surface area (Å²) in [7, 11) is 0. The average Bonchev–Trinajstić information content (AvgIpc) is 3.01. The van der Waals surface area contributed by atoms with Crippen molar-refractivity contribution in [1.82, 2.24) is 4.90 Å². The number of nitrogens with zero attached hydrogens (tertiary/aromatic N) is 1. The number of hydrogen-bond donors (Lipinski definition) is 1.